The number of thiophene rings is 1. The average Bonchev–Trinajstić information content (AvgIpc) is 2.71. The number of pyridine rings is 1. The van der Waals surface area contributed by atoms with Gasteiger partial charge < -0.3 is 5.73 Å². The molecule has 2 aromatic rings. The number of aromatic nitrogens is 1. The summed E-state index contributed by atoms with van der Waals surface area (Å²) >= 11 is 1.60. The van der Waals surface area contributed by atoms with Crippen molar-refractivity contribution in [2.75, 3.05) is 5.73 Å². The van der Waals surface area contributed by atoms with Crippen LogP contribution in [0.4, 0.5) is 5.69 Å². The molecule has 0 aliphatic heterocycles. The Morgan fingerprint density at radius 3 is 3.00 bits per heavy atom. The predicted molar refractivity (Wildman–Crippen MR) is 63.1 cm³/mol. The molecule has 1 atom stereocenters. The second-order valence-corrected chi connectivity index (χ2v) is 5.23. The van der Waals surface area contributed by atoms with Gasteiger partial charge in [0.1, 0.15) is 0 Å². The number of nitrogens with two attached hydrogens (primary N) is 1. The van der Waals surface area contributed by atoms with Crippen LogP contribution in [0.15, 0.2) is 40.2 Å². The van der Waals surface area contributed by atoms with Crippen molar-refractivity contribution in [3.05, 3.63) is 40.8 Å². The molecule has 2 N–H and O–H groups in total. The Hall–Kier alpha value is -1.20. The molecule has 0 aromatic carbocycles. The molecule has 1 unspecified atom stereocenters. The van der Waals surface area contributed by atoms with Gasteiger partial charge in [-0.3, -0.25) is 9.19 Å². The molecule has 0 radical (unpaired) electrons. The van der Waals surface area contributed by atoms with Gasteiger partial charge in [-0.15, -0.1) is 0 Å². The summed E-state index contributed by atoms with van der Waals surface area (Å²) in [6.07, 6.45) is 3.14. The molecule has 0 bridgehead atoms. The fourth-order valence-corrected chi connectivity index (χ4v) is 3.15. The highest BCUT2D eigenvalue weighted by molar-refractivity contribution is 7.84. The fourth-order valence-electron chi connectivity index (χ4n) is 1.21. The molecule has 0 saturated carbocycles. The zero-order valence-electron chi connectivity index (χ0n) is 7.92. The Kier molecular flexibility index (Phi) is 3.13. The third kappa shape index (κ3) is 2.43. The Bertz CT molecular complexity index is 468. The summed E-state index contributed by atoms with van der Waals surface area (Å²) in [6.45, 7) is 0. The number of nitrogens with zero attached hydrogens (tertiary/aromatic N) is 1. The van der Waals surface area contributed by atoms with Crippen LogP contribution in [-0.2, 0) is 16.6 Å². The lowest BCUT2D eigenvalue weighted by atomic mass is 10.4. The van der Waals surface area contributed by atoms with E-state index >= 15 is 0 Å². The van der Waals surface area contributed by atoms with E-state index < -0.39 is 10.8 Å². The van der Waals surface area contributed by atoms with Gasteiger partial charge in [-0.1, -0.05) is 0 Å². The van der Waals surface area contributed by atoms with Crippen molar-refractivity contribution in [3.63, 3.8) is 0 Å². The lowest BCUT2D eigenvalue weighted by Gasteiger charge is -2.03. The standard InChI is InChI=1S/C10H10N2OS2/c11-9-5-12-3-1-10(9)15(13)7-8-2-4-14-6-8/h1-6H,7,11H2. The SMILES string of the molecule is Nc1cnccc1S(=O)Cc1ccsc1. The molecule has 0 fully saturated rings. The van der Waals surface area contributed by atoms with Crippen molar-refractivity contribution in [1.82, 2.24) is 4.98 Å². The number of nitrogen functional groups attached to an aromatic ring is 1. The van der Waals surface area contributed by atoms with Crippen LogP contribution in [0.25, 0.3) is 0 Å². The van der Waals surface area contributed by atoms with Crippen molar-refractivity contribution >= 4 is 27.8 Å². The summed E-state index contributed by atoms with van der Waals surface area (Å²) in [6, 6.07) is 3.68. The maximum Gasteiger partial charge on any atom is 0.0664 e. The zero-order chi connectivity index (χ0) is 10.7. The minimum Gasteiger partial charge on any atom is -0.396 e. The molecule has 78 valence electrons. The summed E-state index contributed by atoms with van der Waals surface area (Å²) in [4.78, 5) is 4.53. The first-order chi connectivity index (χ1) is 7.27. The number of hydrogen-bond acceptors (Lipinski definition) is 4. The molecule has 5 heteroatoms. The topological polar surface area (TPSA) is 56.0 Å². The summed E-state index contributed by atoms with van der Waals surface area (Å²) in [5, 5.41) is 3.97. The highest BCUT2D eigenvalue weighted by Gasteiger charge is 2.08. The maximum atomic E-state index is 11.9. The Morgan fingerprint density at radius 2 is 2.33 bits per heavy atom. The molecular weight excluding hydrogens is 228 g/mol. The second-order valence-electron chi connectivity index (χ2n) is 3.03. The van der Waals surface area contributed by atoms with Gasteiger partial charge in [-0.05, 0) is 28.5 Å². The molecule has 0 saturated heterocycles. The van der Waals surface area contributed by atoms with Crippen molar-refractivity contribution in [1.29, 1.82) is 0 Å². The van der Waals surface area contributed by atoms with Crippen LogP contribution in [0, 0.1) is 0 Å². The Morgan fingerprint density at radius 1 is 1.47 bits per heavy atom. The summed E-state index contributed by atoms with van der Waals surface area (Å²) < 4.78 is 11.9. The van der Waals surface area contributed by atoms with Crippen molar-refractivity contribution < 1.29 is 4.21 Å². The minimum atomic E-state index is -1.08. The molecule has 2 heterocycles. The van der Waals surface area contributed by atoms with E-state index in [4.69, 9.17) is 5.73 Å². The monoisotopic (exact) mass is 238 g/mol. The van der Waals surface area contributed by atoms with Crippen molar-refractivity contribution in [2.45, 2.75) is 10.6 Å². The number of hydrogen-bond donors (Lipinski definition) is 1. The Labute approximate surface area is 94.4 Å². The third-order valence-electron chi connectivity index (χ3n) is 1.93. The quantitative estimate of drug-likeness (QED) is 0.890. The molecule has 0 spiro atoms. The molecule has 0 aliphatic carbocycles. The van der Waals surface area contributed by atoms with Crippen LogP contribution < -0.4 is 5.73 Å². The zero-order valence-corrected chi connectivity index (χ0v) is 9.55. The molecule has 3 nitrogen and oxygen atoms in total. The van der Waals surface area contributed by atoms with Crippen LogP contribution in [-0.4, -0.2) is 9.19 Å². The van der Waals surface area contributed by atoms with E-state index in [2.05, 4.69) is 4.98 Å². The fraction of sp³-hybridized carbons (Fsp3) is 0.100. The molecule has 0 amide bonds. The predicted octanol–water partition coefficient (Wildman–Crippen LogP) is 2.03. The lowest BCUT2D eigenvalue weighted by molar-refractivity contribution is 0.683. The minimum absolute atomic E-state index is 0.492. The molecular formula is C10H10N2OS2. The van der Waals surface area contributed by atoms with E-state index in [0.717, 1.165) is 5.56 Å². The maximum absolute atomic E-state index is 11.9. The van der Waals surface area contributed by atoms with Gasteiger partial charge in [0, 0.05) is 6.20 Å². The van der Waals surface area contributed by atoms with E-state index in [9.17, 15) is 4.21 Å². The van der Waals surface area contributed by atoms with E-state index in [1.165, 1.54) is 6.20 Å². The Balaban J connectivity index is 2.19. The highest BCUT2D eigenvalue weighted by atomic mass is 32.2. The van der Waals surface area contributed by atoms with Gasteiger partial charge in [0.25, 0.3) is 0 Å². The van der Waals surface area contributed by atoms with Crippen LogP contribution in [0.1, 0.15) is 5.56 Å². The molecule has 0 aliphatic rings. The number of rotatable bonds is 3. The van der Waals surface area contributed by atoms with Crippen LogP contribution in [0.5, 0.6) is 0 Å². The summed E-state index contributed by atoms with van der Waals surface area (Å²) in [5.41, 5.74) is 7.27. The normalized spacial score (nSPS) is 12.5. The van der Waals surface area contributed by atoms with Crippen LogP contribution in [0.2, 0.25) is 0 Å². The van der Waals surface area contributed by atoms with Crippen molar-refractivity contribution in [3.8, 4) is 0 Å². The van der Waals surface area contributed by atoms with Gasteiger partial charge in [-0.25, -0.2) is 0 Å². The van der Waals surface area contributed by atoms with Gasteiger partial charge >= 0.3 is 0 Å². The third-order valence-corrected chi connectivity index (χ3v) is 4.12. The van der Waals surface area contributed by atoms with Gasteiger partial charge in [-0.2, -0.15) is 11.3 Å². The van der Waals surface area contributed by atoms with E-state index in [-0.39, 0.29) is 0 Å². The van der Waals surface area contributed by atoms with Crippen LogP contribution in [0.3, 0.4) is 0 Å². The average molecular weight is 238 g/mol. The van der Waals surface area contributed by atoms with Gasteiger partial charge in [0.2, 0.25) is 0 Å². The van der Waals surface area contributed by atoms with Gasteiger partial charge in [0.15, 0.2) is 0 Å². The lowest BCUT2D eigenvalue weighted by Crippen LogP contribution is -2.00. The van der Waals surface area contributed by atoms with E-state index in [0.29, 0.717) is 16.3 Å². The summed E-state index contributed by atoms with van der Waals surface area (Å²) in [5.74, 6) is 0.512. The highest BCUT2D eigenvalue weighted by Crippen LogP contribution is 2.18. The first-order valence-corrected chi connectivity index (χ1v) is 6.62. The smallest absolute Gasteiger partial charge is 0.0664 e. The first kappa shape index (κ1) is 10.3. The van der Waals surface area contributed by atoms with Crippen molar-refractivity contribution in [2.24, 2.45) is 0 Å². The molecule has 2 rings (SSSR count). The van der Waals surface area contributed by atoms with E-state index in [1.54, 1.807) is 23.6 Å². The van der Waals surface area contributed by atoms with E-state index in [1.807, 2.05) is 16.8 Å². The molecule has 2 aromatic heterocycles. The number of anilines is 1. The molecule has 15 heavy (non-hydrogen) atoms. The van der Waals surface area contributed by atoms with Gasteiger partial charge in [0.05, 0.1) is 33.3 Å². The second kappa shape index (κ2) is 4.55. The first-order valence-electron chi connectivity index (χ1n) is 4.36. The van der Waals surface area contributed by atoms with Crippen LogP contribution >= 0.6 is 11.3 Å². The summed E-state index contributed by atoms with van der Waals surface area (Å²) in [7, 11) is -1.08. The largest absolute Gasteiger partial charge is 0.396 e.